The Kier molecular flexibility index (Phi) is 3.91. The van der Waals surface area contributed by atoms with Gasteiger partial charge in [0.05, 0.1) is 23.6 Å². The average molecular weight is 319 g/mol. The maximum atomic E-state index is 12.1. The van der Waals surface area contributed by atoms with Crippen molar-refractivity contribution in [3.05, 3.63) is 18.2 Å². The topological polar surface area (TPSA) is 84.6 Å². The van der Waals surface area contributed by atoms with Crippen molar-refractivity contribution < 1.29 is 9.53 Å². The molecule has 7 heteroatoms. The van der Waals surface area contributed by atoms with Crippen molar-refractivity contribution in [3.63, 3.8) is 0 Å². The predicted octanol–water partition coefficient (Wildman–Crippen LogP) is 1.60. The summed E-state index contributed by atoms with van der Waals surface area (Å²) in [5, 5.41) is 0. The SMILES string of the molecule is CC(C)(C)OC(=O)N1CCN(C2(c3ncc(N)cn3)CC2)CC1. The van der Waals surface area contributed by atoms with Crippen molar-refractivity contribution in [2.24, 2.45) is 0 Å². The van der Waals surface area contributed by atoms with E-state index in [1.807, 2.05) is 20.8 Å². The second-order valence-electron chi connectivity index (χ2n) is 7.33. The molecule has 1 aliphatic carbocycles. The molecule has 1 saturated heterocycles. The van der Waals surface area contributed by atoms with Gasteiger partial charge in [0.25, 0.3) is 0 Å². The highest BCUT2D eigenvalue weighted by molar-refractivity contribution is 5.68. The van der Waals surface area contributed by atoms with Crippen molar-refractivity contribution in [2.45, 2.75) is 44.8 Å². The quantitative estimate of drug-likeness (QED) is 0.891. The van der Waals surface area contributed by atoms with Crippen LogP contribution in [0.5, 0.6) is 0 Å². The van der Waals surface area contributed by atoms with Gasteiger partial charge in [-0.15, -0.1) is 0 Å². The number of nitrogens with two attached hydrogens (primary N) is 1. The van der Waals surface area contributed by atoms with Crippen molar-refractivity contribution in [2.75, 3.05) is 31.9 Å². The van der Waals surface area contributed by atoms with E-state index in [4.69, 9.17) is 10.5 Å². The summed E-state index contributed by atoms with van der Waals surface area (Å²) in [5.41, 5.74) is 5.74. The highest BCUT2D eigenvalue weighted by Crippen LogP contribution is 2.49. The minimum atomic E-state index is -0.455. The lowest BCUT2D eigenvalue weighted by Gasteiger charge is -2.39. The zero-order chi connectivity index (χ0) is 16.7. The number of hydrogen-bond donors (Lipinski definition) is 1. The molecule has 1 aliphatic heterocycles. The monoisotopic (exact) mass is 319 g/mol. The van der Waals surface area contributed by atoms with E-state index in [-0.39, 0.29) is 11.6 Å². The second kappa shape index (κ2) is 5.63. The van der Waals surface area contributed by atoms with Crippen LogP contribution in [0.15, 0.2) is 12.4 Å². The van der Waals surface area contributed by atoms with Crippen LogP contribution in [0.3, 0.4) is 0 Å². The van der Waals surface area contributed by atoms with E-state index in [1.165, 1.54) is 0 Å². The Morgan fingerprint density at radius 1 is 1.17 bits per heavy atom. The fourth-order valence-electron chi connectivity index (χ4n) is 3.02. The van der Waals surface area contributed by atoms with Gasteiger partial charge in [0.15, 0.2) is 0 Å². The number of aromatic nitrogens is 2. The van der Waals surface area contributed by atoms with E-state index in [0.717, 1.165) is 31.8 Å². The largest absolute Gasteiger partial charge is 0.444 e. The maximum Gasteiger partial charge on any atom is 0.410 e. The molecule has 0 unspecified atom stereocenters. The summed E-state index contributed by atoms with van der Waals surface area (Å²) < 4.78 is 5.44. The Labute approximate surface area is 136 Å². The lowest BCUT2D eigenvalue weighted by atomic mass is 10.1. The number of anilines is 1. The molecule has 1 aromatic heterocycles. The molecule has 23 heavy (non-hydrogen) atoms. The number of nitrogen functional groups attached to an aromatic ring is 1. The molecular weight excluding hydrogens is 294 g/mol. The number of carbonyl (C=O) groups excluding carboxylic acids is 1. The van der Waals surface area contributed by atoms with Crippen LogP contribution in [-0.2, 0) is 10.3 Å². The van der Waals surface area contributed by atoms with E-state index in [1.54, 1.807) is 17.3 Å². The molecule has 126 valence electrons. The molecule has 3 rings (SSSR count). The molecule has 1 amide bonds. The van der Waals surface area contributed by atoms with Gasteiger partial charge in [-0.1, -0.05) is 0 Å². The molecule has 2 heterocycles. The number of piperazine rings is 1. The Morgan fingerprint density at radius 2 is 1.74 bits per heavy atom. The third kappa shape index (κ3) is 3.39. The van der Waals surface area contributed by atoms with Crippen molar-refractivity contribution in [3.8, 4) is 0 Å². The van der Waals surface area contributed by atoms with Gasteiger partial charge < -0.3 is 15.4 Å². The highest BCUT2D eigenvalue weighted by Gasteiger charge is 2.52. The van der Waals surface area contributed by atoms with Crippen LogP contribution in [0.2, 0.25) is 0 Å². The molecule has 0 aromatic carbocycles. The molecule has 0 bridgehead atoms. The zero-order valence-electron chi connectivity index (χ0n) is 14.1. The van der Waals surface area contributed by atoms with Gasteiger partial charge in [-0.2, -0.15) is 0 Å². The van der Waals surface area contributed by atoms with E-state index < -0.39 is 5.60 Å². The Hall–Kier alpha value is -1.89. The summed E-state index contributed by atoms with van der Waals surface area (Å²) in [6.07, 6.45) is 5.22. The van der Waals surface area contributed by atoms with Crippen LogP contribution < -0.4 is 5.73 Å². The number of carbonyl (C=O) groups is 1. The number of ether oxygens (including phenoxy) is 1. The van der Waals surface area contributed by atoms with Gasteiger partial charge in [0, 0.05) is 26.2 Å². The standard InChI is InChI=1S/C16H25N5O2/c1-15(2,3)23-14(22)20-6-8-21(9-7-20)16(4-5-16)13-18-10-12(17)11-19-13/h10-11H,4-9,17H2,1-3H3. The number of nitrogens with zero attached hydrogens (tertiary/aromatic N) is 4. The van der Waals surface area contributed by atoms with Gasteiger partial charge in [-0.3, -0.25) is 4.90 Å². The number of rotatable bonds is 2. The minimum Gasteiger partial charge on any atom is -0.444 e. The van der Waals surface area contributed by atoms with Crippen molar-refractivity contribution in [1.82, 2.24) is 19.8 Å². The van der Waals surface area contributed by atoms with Crippen LogP contribution in [0, 0.1) is 0 Å². The lowest BCUT2D eigenvalue weighted by molar-refractivity contribution is 0.00757. The summed E-state index contributed by atoms with van der Waals surface area (Å²) in [5.74, 6) is 0.845. The van der Waals surface area contributed by atoms with E-state index in [0.29, 0.717) is 18.8 Å². The molecule has 1 aromatic rings. The summed E-state index contributed by atoms with van der Waals surface area (Å²) in [6.45, 7) is 8.63. The van der Waals surface area contributed by atoms with Gasteiger partial charge in [0.1, 0.15) is 11.4 Å². The van der Waals surface area contributed by atoms with Crippen LogP contribution in [0.25, 0.3) is 0 Å². The molecule has 2 N–H and O–H groups in total. The number of amides is 1. The zero-order valence-corrected chi connectivity index (χ0v) is 14.1. The highest BCUT2D eigenvalue weighted by atomic mass is 16.6. The van der Waals surface area contributed by atoms with Gasteiger partial charge in [-0.05, 0) is 33.6 Å². The van der Waals surface area contributed by atoms with E-state index in [2.05, 4.69) is 14.9 Å². The molecule has 7 nitrogen and oxygen atoms in total. The Bertz CT molecular complexity index is 569. The first-order chi connectivity index (χ1) is 10.8. The maximum absolute atomic E-state index is 12.1. The van der Waals surface area contributed by atoms with Crippen molar-refractivity contribution >= 4 is 11.8 Å². The second-order valence-corrected chi connectivity index (χ2v) is 7.33. The number of hydrogen-bond acceptors (Lipinski definition) is 6. The van der Waals surface area contributed by atoms with Crippen LogP contribution >= 0.6 is 0 Å². The first kappa shape index (κ1) is 16.0. The molecule has 0 atom stereocenters. The average Bonchev–Trinajstić information content (AvgIpc) is 3.28. The summed E-state index contributed by atoms with van der Waals surface area (Å²) in [6, 6.07) is 0. The normalized spacial score (nSPS) is 21.1. The third-order valence-electron chi connectivity index (χ3n) is 4.35. The molecule has 2 aliphatic rings. The Morgan fingerprint density at radius 3 is 2.22 bits per heavy atom. The third-order valence-corrected chi connectivity index (χ3v) is 4.35. The fourth-order valence-corrected chi connectivity index (χ4v) is 3.02. The van der Waals surface area contributed by atoms with Crippen LogP contribution in [-0.4, -0.2) is 57.6 Å². The summed E-state index contributed by atoms with van der Waals surface area (Å²) in [7, 11) is 0. The molecule has 2 fully saturated rings. The Balaban J connectivity index is 1.61. The first-order valence-electron chi connectivity index (χ1n) is 8.11. The van der Waals surface area contributed by atoms with Gasteiger partial charge in [0.2, 0.25) is 0 Å². The van der Waals surface area contributed by atoms with E-state index >= 15 is 0 Å². The minimum absolute atomic E-state index is 0.0618. The fraction of sp³-hybridized carbons (Fsp3) is 0.688. The summed E-state index contributed by atoms with van der Waals surface area (Å²) in [4.78, 5) is 25.1. The van der Waals surface area contributed by atoms with E-state index in [9.17, 15) is 4.79 Å². The summed E-state index contributed by atoms with van der Waals surface area (Å²) >= 11 is 0. The predicted molar refractivity (Wildman–Crippen MR) is 86.7 cm³/mol. The smallest absolute Gasteiger partial charge is 0.410 e. The van der Waals surface area contributed by atoms with Crippen LogP contribution in [0.4, 0.5) is 10.5 Å². The van der Waals surface area contributed by atoms with Gasteiger partial charge >= 0.3 is 6.09 Å². The van der Waals surface area contributed by atoms with Crippen LogP contribution in [0.1, 0.15) is 39.4 Å². The molecule has 1 saturated carbocycles. The molecular formula is C16H25N5O2. The lowest BCUT2D eigenvalue weighted by Crippen LogP contribution is -2.53. The molecule has 0 spiro atoms. The molecule has 0 radical (unpaired) electrons. The van der Waals surface area contributed by atoms with Gasteiger partial charge in [-0.25, -0.2) is 14.8 Å². The first-order valence-corrected chi connectivity index (χ1v) is 8.11. The van der Waals surface area contributed by atoms with Crippen molar-refractivity contribution in [1.29, 1.82) is 0 Å².